The second kappa shape index (κ2) is 4.94. The van der Waals surface area contributed by atoms with Crippen LogP contribution in [0.4, 0.5) is 5.69 Å². The van der Waals surface area contributed by atoms with Crippen molar-refractivity contribution in [2.24, 2.45) is 0 Å². The molecule has 0 saturated carbocycles. The molecular weight excluding hydrogens is 304 g/mol. The Morgan fingerprint density at radius 3 is 2.82 bits per heavy atom. The summed E-state index contributed by atoms with van der Waals surface area (Å²) in [5.41, 5.74) is 7.35. The largest absolute Gasteiger partial charge is 0.437 e. The lowest BCUT2D eigenvalue weighted by molar-refractivity contribution is 0.464. The molecule has 0 spiro atoms. The fourth-order valence-electron chi connectivity index (χ4n) is 1.28. The zero-order valence-corrected chi connectivity index (χ0v) is 11.4. The first kappa shape index (κ1) is 12.2. The van der Waals surface area contributed by atoms with Crippen molar-refractivity contribution >= 4 is 33.2 Å². The Labute approximate surface area is 113 Å². The fourth-order valence-corrected chi connectivity index (χ4v) is 1.66. The maximum absolute atomic E-state index is 5.88. The van der Waals surface area contributed by atoms with Crippen molar-refractivity contribution in [2.45, 2.75) is 6.92 Å². The van der Waals surface area contributed by atoms with Crippen LogP contribution in [0, 0.1) is 6.92 Å². The number of aromatic nitrogens is 1. The summed E-state index contributed by atoms with van der Waals surface area (Å²) < 4.78 is 6.52. The Hall–Kier alpha value is -1.26. The number of hydrogen-bond acceptors (Lipinski definition) is 3. The lowest BCUT2D eigenvalue weighted by Crippen LogP contribution is -1.94. The molecule has 0 bridgehead atoms. The van der Waals surface area contributed by atoms with Crippen LogP contribution >= 0.6 is 27.5 Å². The van der Waals surface area contributed by atoms with E-state index in [1.807, 2.05) is 13.0 Å². The lowest BCUT2D eigenvalue weighted by Gasteiger charge is -2.08. The van der Waals surface area contributed by atoms with E-state index in [1.165, 1.54) is 0 Å². The lowest BCUT2D eigenvalue weighted by atomic mass is 10.3. The Kier molecular flexibility index (Phi) is 3.54. The van der Waals surface area contributed by atoms with Crippen LogP contribution in [0.5, 0.6) is 11.6 Å². The van der Waals surface area contributed by atoms with Crippen LogP contribution in [0.3, 0.4) is 0 Å². The molecule has 0 aliphatic carbocycles. The highest BCUT2D eigenvalue weighted by atomic mass is 79.9. The highest BCUT2D eigenvalue weighted by molar-refractivity contribution is 9.10. The minimum Gasteiger partial charge on any atom is -0.437 e. The highest BCUT2D eigenvalue weighted by Gasteiger charge is 2.05. The van der Waals surface area contributed by atoms with E-state index < -0.39 is 0 Å². The minimum absolute atomic E-state index is 0.486. The zero-order chi connectivity index (χ0) is 12.4. The topological polar surface area (TPSA) is 48.1 Å². The molecule has 2 aromatic rings. The number of rotatable bonds is 2. The number of aryl methyl sites for hydroxylation is 1. The van der Waals surface area contributed by atoms with Crippen molar-refractivity contribution in [3.63, 3.8) is 0 Å². The summed E-state index contributed by atoms with van der Waals surface area (Å²) in [7, 11) is 0. The summed E-state index contributed by atoms with van der Waals surface area (Å²) >= 11 is 9.25. The van der Waals surface area contributed by atoms with E-state index in [-0.39, 0.29) is 0 Å². The molecule has 1 aromatic heterocycles. The number of halogens is 2. The summed E-state index contributed by atoms with van der Waals surface area (Å²) in [5.74, 6) is 0.992. The second-order valence-electron chi connectivity index (χ2n) is 3.56. The minimum atomic E-state index is 0.486. The van der Waals surface area contributed by atoms with Gasteiger partial charge in [0.1, 0.15) is 0 Å². The van der Waals surface area contributed by atoms with Gasteiger partial charge < -0.3 is 10.5 Å². The van der Waals surface area contributed by atoms with Gasteiger partial charge in [-0.1, -0.05) is 11.6 Å². The molecule has 88 valence electrons. The van der Waals surface area contributed by atoms with Crippen molar-refractivity contribution in [3.8, 4) is 11.6 Å². The summed E-state index contributed by atoms with van der Waals surface area (Å²) in [4.78, 5) is 4.14. The molecule has 0 unspecified atom stereocenters. The smallest absolute Gasteiger partial charge is 0.219 e. The molecule has 5 heteroatoms. The number of anilines is 1. The Morgan fingerprint density at radius 2 is 2.12 bits per heavy atom. The summed E-state index contributed by atoms with van der Waals surface area (Å²) in [6.07, 6.45) is 1.69. The maximum Gasteiger partial charge on any atom is 0.219 e. The van der Waals surface area contributed by atoms with Crippen molar-refractivity contribution in [1.82, 2.24) is 4.98 Å². The quantitative estimate of drug-likeness (QED) is 0.846. The van der Waals surface area contributed by atoms with E-state index in [4.69, 9.17) is 22.1 Å². The molecule has 0 radical (unpaired) electrons. The first-order valence-electron chi connectivity index (χ1n) is 4.91. The van der Waals surface area contributed by atoms with Gasteiger partial charge in [0, 0.05) is 27.8 Å². The SMILES string of the molecule is Cc1cc(Oc2cc(Cl)ccc2N)ncc1Br. The number of nitrogen functional groups attached to an aromatic ring is 1. The van der Waals surface area contributed by atoms with E-state index in [9.17, 15) is 0 Å². The number of hydrogen-bond donors (Lipinski definition) is 1. The van der Waals surface area contributed by atoms with E-state index in [1.54, 1.807) is 24.4 Å². The number of ether oxygens (including phenoxy) is 1. The predicted molar refractivity (Wildman–Crippen MR) is 72.6 cm³/mol. The average molecular weight is 314 g/mol. The molecule has 0 atom stereocenters. The summed E-state index contributed by atoms with van der Waals surface area (Å²) in [6.45, 7) is 1.96. The number of nitrogens with two attached hydrogens (primary N) is 1. The molecular formula is C12H10BrClN2O. The third-order valence-electron chi connectivity index (χ3n) is 2.21. The highest BCUT2D eigenvalue weighted by Crippen LogP contribution is 2.30. The number of nitrogens with zero attached hydrogens (tertiary/aromatic N) is 1. The first-order valence-corrected chi connectivity index (χ1v) is 6.08. The Balaban J connectivity index is 2.31. The van der Waals surface area contributed by atoms with Crippen molar-refractivity contribution in [3.05, 3.63) is 45.5 Å². The molecule has 1 heterocycles. The fraction of sp³-hybridized carbons (Fsp3) is 0.0833. The summed E-state index contributed by atoms with van der Waals surface area (Å²) in [6, 6.07) is 6.90. The Bertz CT molecular complexity index is 560. The van der Waals surface area contributed by atoms with Crippen LogP contribution in [0.25, 0.3) is 0 Å². The number of benzene rings is 1. The van der Waals surface area contributed by atoms with Gasteiger partial charge in [-0.2, -0.15) is 0 Å². The second-order valence-corrected chi connectivity index (χ2v) is 4.85. The van der Waals surface area contributed by atoms with Gasteiger partial charge in [-0.15, -0.1) is 0 Å². The molecule has 0 aliphatic rings. The first-order chi connectivity index (χ1) is 8.06. The van der Waals surface area contributed by atoms with Gasteiger partial charge >= 0.3 is 0 Å². The van der Waals surface area contributed by atoms with Crippen molar-refractivity contribution in [2.75, 3.05) is 5.73 Å². The molecule has 2 N–H and O–H groups in total. The monoisotopic (exact) mass is 312 g/mol. The van der Waals surface area contributed by atoms with E-state index in [0.717, 1.165) is 10.0 Å². The van der Waals surface area contributed by atoms with E-state index in [0.29, 0.717) is 22.3 Å². The zero-order valence-electron chi connectivity index (χ0n) is 9.08. The molecule has 2 rings (SSSR count). The maximum atomic E-state index is 5.88. The molecule has 0 amide bonds. The van der Waals surface area contributed by atoms with Gasteiger partial charge in [-0.25, -0.2) is 4.98 Å². The van der Waals surface area contributed by atoms with Gasteiger partial charge in [0.05, 0.1) is 5.69 Å². The van der Waals surface area contributed by atoms with Gasteiger partial charge in [-0.3, -0.25) is 0 Å². The van der Waals surface area contributed by atoms with E-state index in [2.05, 4.69) is 20.9 Å². The van der Waals surface area contributed by atoms with Gasteiger partial charge in [0.2, 0.25) is 5.88 Å². The molecule has 0 fully saturated rings. The van der Waals surface area contributed by atoms with Crippen molar-refractivity contribution < 1.29 is 4.74 Å². The third kappa shape index (κ3) is 2.90. The van der Waals surface area contributed by atoms with Crippen LogP contribution in [0.15, 0.2) is 34.9 Å². The van der Waals surface area contributed by atoms with Crippen LogP contribution < -0.4 is 10.5 Å². The van der Waals surface area contributed by atoms with Crippen LogP contribution in [-0.2, 0) is 0 Å². The van der Waals surface area contributed by atoms with Gasteiger partial charge in [-0.05, 0) is 40.5 Å². The standard InChI is InChI=1S/C12H10BrClN2O/c1-7-4-12(16-6-9(7)13)17-11-5-8(14)2-3-10(11)15/h2-6H,15H2,1H3. The molecule has 0 aliphatic heterocycles. The molecule has 0 saturated heterocycles. The van der Waals surface area contributed by atoms with Crippen LogP contribution in [0.2, 0.25) is 5.02 Å². The van der Waals surface area contributed by atoms with Gasteiger partial charge in [0.25, 0.3) is 0 Å². The van der Waals surface area contributed by atoms with Crippen molar-refractivity contribution in [1.29, 1.82) is 0 Å². The van der Waals surface area contributed by atoms with Crippen LogP contribution in [0.1, 0.15) is 5.56 Å². The molecule has 17 heavy (non-hydrogen) atoms. The van der Waals surface area contributed by atoms with Crippen LogP contribution in [-0.4, -0.2) is 4.98 Å². The molecule has 1 aromatic carbocycles. The number of pyridine rings is 1. The third-order valence-corrected chi connectivity index (χ3v) is 3.28. The van der Waals surface area contributed by atoms with Gasteiger partial charge in [0.15, 0.2) is 5.75 Å². The normalized spacial score (nSPS) is 10.3. The Morgan fingerprint density at radius 1 is 1.35 bits per heavy atom. The summed E-state index contributed by atoms with van der Waals surface area (Å²) in [5, 5.41) is 0.572. The average Bonchev–Trinajstić information content (AvgIpc) is 2.29. The van der Waals surface area contributed by atoms with E-state index >= 15 is 0 Å². The predicted octanol–water partition coefficient (Wildman–Crippen LogP) is 4.18. The molecule has 3 nitrogen and oxygen atoms in total.